The zero-order valence-corrected chi connectivity index (χ0v) is 20.2. The van der Waals surface area contributed by atoms with E-state index in [9.17, 15) is 4.79 Å². The number of piperazine rings is 1. The Morgan fingerprint density at radius 1 is 0.971 bits per heavy atom. The molecule has 0 atom stereocenters. The number of benzene rings is 3. The Morgan fingerprint density at radius 2 is 1.74 bits per heavy atom. The van der Waals surface area contributed by atoms with Gasteiger partial charge >= 0.3 is 0 Å². The van der Waals surface area contributed by atoms with E-state index in [0.717, 1.165) is 48.1 Å². The van der Waals surface area contributed by atoms with Crippen molar-refractivity contribution >= 4 is 44.2 Å². The van der Waals surface area contributed by atoms with Crippen LogP contribution in [0, 0.1) is 0 Å². The molecular weight excluding hydrogens is 468 g/mol. The molecule has 1 aliphatic rings. The number of carbonyl (C=O) groups is 1. The smallest absolute Gasteiger partial charge is 0.255 e. The maximum atomic E-state index is 12.8. The molecule has 8 heteroatoms. The first-order valence-corrected chi connectivity index (χ1v) is 12.5. The minimum absolute atomic E-state index is 0.128. The van der Waals surface area contributed by atoms with Crippen molar-refractivity contribution in [2.24, 2.45) is 0 Å². The van der Waals surface area contributed by atoms with Crippen LogP contribution in [-0.4, -0.2) is 55.1 Å². The van der Waals surface area contributed by atoms with Crippen molar-refractivity contribution < 1.29 is 9.53 Å². The fraction of sp³-hybridized carbons (Fsp3) is 0.231. The van der Waals surface area contributed by atoms with Crippen molar-refractivity contribution in [1.29, 1.82) is 0 Å². The number of hydrogen-bond acceptors (Lipinski definition) is 6. The first kappa shape index (κ1) is 22.7. The van der Waals surface area contributed by atoms with Crippen LogP contribution in [0.4, 0.5) is 5.13 Å². The van der Waals surface area contributed by atoms with E-state index in [0.29, 0.717) is 28.6 Å². The topological polar surface area (TPSA) is 57.7 Å². The molecule has 5 rings (SSSR count). The molecule has 0 spiro atoms. The summed E-state index contributed by atoms with van der Waals surface area (Å²) in [5, 5.41) is 4.76. The number of anilines is 1. The van der Waals surface area contributed by atoms with E-state index >= 15 is 0 Å². The largest absolute Gasteiger partial charge is 0.457 e. The molecule has 0 bridgehead atoms. The number of thiazole rings is 1. The Morgan fingerprint density at radius 3 is 2.53 bits per heavy atom. The number of hydrogen-bond donors (Lipinski definition) is 1. The Balaban J connectivity index is 1.12. The summed E-state index contributed by atoms with van der Waals surface area (Å²) in [5.74, 6) is 1.13. The van der Waals surface area contributed by atoms with Gasteiger partial charge in [-0.3, -0.25) is 9.69 Å². The first-order chi connectivity index (χ1) is 16.7. The molecule has 1 aliphatic heterocycles. The number of nitrogens with one attached hydrogen (secondary N) is 1. The van der Waals surface area contributed by atoms with Gasteiger partial charge in [-0.2, -0.15) is 0 Å². The molecule has 6 nitrogen and oxygen atoms in total. The second-order valence-electron chi connectivity index (χ2n) is 8.08. The molecular formula is C26H25ClN4O2S. The SMILES string of the molecule is O=C(NCCN1CCN(c2nc3c(Cl)cccc3s2)CC1)c1ccccc1Oc1ccccc1. The van der Waals surface area contributed by atoms with Crippen molar-refractivity contribution in [1.82, 2.24) is 15.2 Å². The summed E-state index contributed by atoms with van der Waals surface area (Å²) >= 11 is 7.97. The summed E-state index contributed by atoms with van der Waals surface area (Å²) in [6.07, 6.45) is 0. The molecule has 2 heterocycles. The van der Waals surface area contributed by atoms with E-state index in [1.807, 2.05) is 60.7 Å². The highest BCUT2D eigenvalue weighted by Crippen LogP contribution is 2.33. The van der Waals surface area contributed by atoms with Gasteiger partial charge < -0.3 is 15.0 Å². The van der Waals surface area contributed by atoms with Gasteiger partial charge in [0.1, 0.15) is 17.0 Å². The minimum atomic E-state index is -0.128. The number of amides is 1. The maximum absolute atomic E-state index is 12.8. The molecule has 0 unspecified atom stereocenters. The number of ether oxygens (including phenoxy) is 1. The summed E-state index contributed by atoms with van der Waals surface area (Å²) in [4.78, 5) is 22.2. The molecule has 1 amide bonds. The van der Waals surface area contributed by atoms with Crippen LogP contribution in [0.2, 0.25) is 5.02 Å². The Kier molecular flexibility index (Phi) is 6.94. The van der Waals surface area contributed by atoms with Crippen LogP contribution in [-0.2, 0) is 0 Å². The summed E-state index contributed by atoms with van der Waals surface area (Å²) < 4.78 is 7.03. The lowest BCUT2D eigenvalue weighted by atomic mass is 10.2. The van der Waals surface area contributed by atoms with Crippen molar-refractivity contribution in [2.45, 2.75) is 0 Å². The lowest BCUT2D eigenvalue weighted by Gasteiger charge is -2.34. The lowest BCUT2D eigenvalue weighted by molar-refractivity contribution is 0.0945. The van der Waals surface area contributed by atoms with Gasteiger partial charge in [-0.1, -0.05) is 59.3 Å². The number of halogens is 1. The molecule has 1 aromatic heterocycles. The number of fused-ring (bicyclic) bond motifs is 1. The number of nitrogens with zero attached hydrogens (tertiary/aromatic N) is 3. The van der Waals surface area contributed by atoms with Crippen molar-refractivity contribution in [3.8, 4) is 11.5 Å². The summed E-state index contributed by atoms with van der Waals surface area (Å²) in [5.41, 5.74) is 1.41. The van der Waals surface area contributed by atoms with Gasteiger partial charge in [-0.05, 0) is 36.4 Å². The highest BCUT2D eigenvalue weighted by molar-refractivity contribution is 7.22. The summed E-state index contributed by atoms with van der Waals surface area (Å²) in [7, 11) is 0. The van der Waals surface area contributed by atoms with Crippen LogP contribution in [0.1, 0.15) is 10.4 Å². The van der Waals surface area contributed by atoms with E-state index < -0.39 is 0 Å². The molecule has 1 N–H and O–H groups in total. The van der Waals surface area contributed by atoms with Crippen LogP contribution < -0.4 is 15.0 Å². The Bertz CT molecular complexity index is 1270. The normalized spacial score (nSPS) is 14.3. The second kappa shape index (κ2) is 10.4. The monoisotopic (exact) mass is 492 g/mol. The van der Waals surface area contributed by atoms with Crippen molar-refractivity contribution in [3.05, 3.63) is 83.4 Å². The van der Waals surface area contributed by atoms with Crippen LogP contribution in [0.25, 0.3) is 10.2 Å². The summed E-state index contributed by atoms with van der Waals surface area (Å²) in [6, 6.07) is 22.7. The molecule has 174 valence electrons. The third-order valence-corrected chi connectivity index (χ3v) is 7.20. The minimum Gasteiger partial charge on any atom is -0.457 e. The fourth-order valence-corrected chi connectivity index (χ4v) is 5.30. The van der Waals surface area contributed by atoms with Gasteiger partial charge in [0.05, 0.1) is 15.3 Å². The van der Waals surface area contributed by atoms with Gasteiger partial charge in [0.15, 0.2) is 5.13 Å². The average molecular weight is 493 g/mol. The number of aromatic nitrogens is 1. The van der Waals surface area contributed by atoms with Gasteiger partial charge in [0.25, 0.3) is 5.91 Å². The van der Waals surface area contributed by atoms with E-state index in [4.69, 9.17) is 21.3 Å². The van der Waals surface area contributed by atoms with Gasteiger partial charge in [-0.25, -0.2) is 4.98 Å². The number of rotatable bonds is 7. The molecule has 34 heavy (non-hydrogen) atoms. The van der Waals surface area contributed by atoms with E-state index in [1.165, 1.54) is 0 Å². The second-order valence-corrected chi connectivity index (χ2v) is 9.50. The van der Waals surface area contributed by atoms with E-state index in [2.05, 4.69) is 21.2 Å². The van der Waals surface area contributed by atoms with Crippen LogP contribution >= 0.6 is 22.9 Å². The molecule has 1 fully saturated rings. The fourth-order valence-electron chi connectivity index (χ4n) is 3.98. The lowest BCUT2D eigenvalue weighted by Crippen LogP contribution is -2.48. The third-order valence-electron chi connectivity index (χ3n) is 5.82. The molecule has 3 aromatic carbocycles. The van der Waals surface area contributed by atoms with Crippen LogP contribution in [0.15, 0.2) is 72.8 Å². The number of carbonyl (C=O) groups excluding carboxylic acids is 1. The Hall–Kier alpha value is -3.13. The quantitative estimate of drug-likeness (QED) is 0.379. The number of para-hydroxylation sites is 3. The summed E-state index contributed by atoms with van der Waals surface area (Å²) in [6.45, 7) is 5.03. The van der Waals surface area contributed by atoms with E-state index in [1.54, 1.807) is 17.4 Å². The van der Waals surface area contributed by atoms with Crippen LogP contribution in [0.3, 0.4) is 0 Å². The molecule has 1 saturated heterocycles. The van der Waals surface area contributed by atoms with Crippen molar-refractivity contribution in [3.63, 3.8) is 0 Å². The molecule has 0 aliphatic carbocycles. The van der Waals surface area contributed by atoms with Gasteiger partial charge in [0.2, 0.25) is 0 Å². The van der Waals surface area contributed by atoms with E-state index in [-0.39, 0.29) is 5.91 Å². The highest BCUT2D eigenvalue weighted by atomic mass is 35.5. The third kappa shape index (κ3) is 5.17. The predicted molar refractivity (Wildman–Crippen MR) is 139 cm³/mol. The standard InChI is InChI=1S/C26H25ClN4O2S/c27-21-10-6-12-23-24(21)29-26(34-23)31-17-15-30(16-18-31)14-13-28-25(32)20-9-4-5-11-22(20)33-19-7-2-1-3-8-19/h1-12H,13-18H2,(H,28,32). The first-order valence-electron chi connectivity index (χ1n) is 11.3. The Labute approximate surface area is 207 Å². The molecule has 4 aromatic rings. The molecule has 0 saturated carbocycles. The maximum Gasteiger partial charge on any atom is 0.255 e. The van der Waals surface area contributed by atoms with Gasteiger partial charge in [0, 0.05) is 39.3 Å². The highest BCUT2D eigenvalue weighted by Gasteiger charge is 2.20. The zero-order chi connectivity index (χ0) is 23.3. The van der Waals surface area contributed by atoms with Crippen molar-refractivity contribution in [2.75, 3.05) is 44.2 Å². The van der Waals surface area contributed by atoms with Crippen LogP contribution in [0.5, 0.6) is 11.5 Å². The predicted octanol–water partition coefficient (Wildman–Crippen LogP) is 5.29. The van der Waals surface area contributed by atoms with Gasteiger partial charge in [-0.15, -0.1) is 0 Å². The zero-order valence-electron chi connectivity index (χ0n) is 18.6. The molecule has 0 radical (unpaired) electrons. The average Bonchev–Trinajstić information content (AvgIpc) is 3.31.